The molecular formula is C23H36BrN5O2. The minimum Gasteiger partial charge on any atom is -0.444 e. The Labute approximate surface area is 193 Å². The molecule has 1 atom stereocenters. The summed E-state index contributed by atoms with van der Waals surface area (Å²) in [7, 11) is 0. The van der Waals surface area contributed by atoms with Crippen LogP contribution in [0.3, 0.4) is 0 Å². The number of hydrogen-bond acceptors (Lipinski definition) is 5. The Morgan fingerprint density at radius 1 is 1.39 bits per heavy atom. The first-order valence-corrected chi connectivity index (χ1v) is 12.1. The number of carbonyl (C=O) groups excluding carboxylic acids is 1. The number of ether oxygens (including phenoxy) is 1. The zero-order valence-electron chi connectivity index (χ0n) is 19.3. The van der Waals surface area contributed by atoms with E-state index in [0.29, 0.717) is 5.92 Å². The molecule has 1 fully saturated rings. The Balaban J connectivity index is 1.81. The van der Waals surface area contributed by atoms with Gasteiger partial charge in [-0.05, 0) is 55.5 Å². The molecule has 7 nitrogen and oxygen atoms in total. The highest BCUT2D eigenvalue weighted by Gasteiger charge is 2.27. The molecule has 2 aromatic heterocycles. The molecular weight excluding hydrogens is 458 g/mol. The van der Waals surface area contributed by atoms with Crippen LogP contribution in [0, 0.1) is 5.92 Å². The van der Waals surface area contributed by atoms with Crippen LogP contribution in [-0.4, -0.2) is 47.3 Å². The summed E-state index contributed by atoms with van der Waals surface area (Å²) < 4.78 is 6.42. The van der Waals surface area contributed by atoms with Crippen LogP contribution in [-0.2, 0) is 4.74 Å². The number of H-pyrrole nitrogens is 1. The van der Waals surface area contributed by atoms with Gasteiger partial charge in [0.2, 0.25) is 0 Å². The van der Waals surface area contributed by atoms with Gasteiger partial charge in [0, 0.05) is 38.1 Å². The third kappa shape index (κ3) is 6.05. The molecule has 1 aliphatic heterocycles. The molecule has 31 heavy (non-hydrogen) atoms. The molecule has 3 rings (SSSR count). The molecule has 0 saturated carbocycles. The molecule has 0 unspecified atom stereocenters. The van der Waals surface area contributed by atoms with Crippen molar-refractivity contribution in [3.05, 3.63) is 16.9 Å². The number of carbonyl (C=O) groups is 1. The quantitative estimate of drug-likeness (QED) is 0.462. The van der Waals surface area contributed by atoms with E-state index in [4.69, 9.17) is 4.74 Å². The minimum absolute atomic E-state index is 0.0404. The lowest BCUT2D eigenvalue weighted by atomic mass is 10.0. The van der Waals surface area contributed by atoms with E-state index in [2.05, 4.69) is 55.3 Å². The topological polar surface area (TPSA) is 82.3 Å². The Hall–Kier alpha value is -1.96. The number of halogens is 1. The van der Waals surface area contributed by atoms with Gasteiger partial charge in [-0.15, -0.1) is 0 Å². The second-order valence-electron chi connectivity index (χ2n) is 9.38. The van der Waals surface area contributed by atoms with Gasteiger partial charge in [-0.1, -0.05) is 26.7 Å². The van der Waals surface area contributed by atoms with Crippen LogP contribution in [0.25, 0.3) is 11.0 Å². The van der Waals surface area contributed by atoms with Crippen molar-refractivity contribution in [2.24, 2.45) is 5.92 Å². The molecule has 8 heteroatoms. The Bertz CT molecular complexity index is 888. The van der Waals surface area contributed by atoms with Gasteiger partial charge in [-0.2, -0.15) is 0 Å². The average Bonchev–Trinajstić information content (AvgIpc) is 3.10. The first-order chi connectivity index (χ1) is 14.7. The van der Waals surface area contributed by atoms with Crippen molar-refractivity contribution in [2.45, 2.75) is 71.9 Å². The van der Waals surface area contributed by atoms with Crippen molar-refractivity contribution in [2.75, 3.05) is 29.9 Å². The number of pyridine rings is 1. The van der Waals surface area contributed by atoms with Crippen molar-refractivity contribution < 1.29 is 9.53 Å². The molecule has 172 valence electrons. The van der Waals surface area contributed by atoms with Gasteiger partial charge in [0.05, 0.1) is 21.2 Å². The fourth-order valence-electron chi connectivity index (χ4n) is 4.11. The van der Waals surface area contributed by atoms with E-state index in [-0.39, 0.29) is 12.1 Å². The fraction of sp³-hybridized carbons (Fsp3) is 0.652. The van der Waals surface area contributed by atoms with Gasteiger partial charge < -0.3 is 25.3 Å². The van der Waals surface area contributed by atoms with Crippen molar-refractivity contribution in [3.63, 3.8) is 0 Å². The largest absolute Gasteiger partial charge is 0.444 e. The van der Waals surface area contributed by atoms with E-state index in [0.717, 1.165) is 72.2 Å². The SMILES string of the molecule is CCC(CC)CNc1c[nH]c2ncc(Br)c(N3CCC[C@@H](NC(=O)OC(C)(C)C)C3)c12. The smallest absolute Gasteiger partial charge is 0.407 e. The van der Waals surface area contributed by atoms with Crippen LogP contribution < -0.4 is 15.5 Å². The lowest BCUT2D eigenvalue weighted by Crippen LogP contribution is -2.49. The summed E-state index contributed by atoms with van der Waals surface area (Å²) >= 11 is 3.73. The summed E-state index contributed by atoms with van der Waals surface area (Å²) in [4.78, 5) is 22.5. The third-order valence-corrected chi connectivity index (χ3v) is 6.40. The van der Waals surface area contributed by atoms with Gasteiger partial charge in [0.15, 0.2) is 0 Å². The van der Waals surface area contributed by atoms with E-state index in [1.54, 1.807) is 0 Å². The number of piperidine rings is 1. The Morgan fingerprint density at radius 2 is 2.13 bits per heavy atom. The van der Waals surface area contributed by atoms with Gasteiger partial charge in [-0.3, -0.25) is 0 Å². The number of aromatic amines is 1. The molecule has 3 N–H and O–H groups in total. The number of aromatic nitrogens is 2. The normalized spacial score (nSPS) is 17.3. The summed E-state index contributed by atoms with van der Waals surface area (Å²) in [6, 6.07) is 0.0404. The molecule has 2 aromatic rings. The zero-order chi connectivity index (χ0) is 22.6. The monoisotopic (exact) mass is 493 g/mol. The number of rotatable bonds is 7. The average molecular weight is 494 g/mol. The maximum Gasteiger partial charge on any atom is 0.407 e. The van der Waals surface area contributed by atoms with Crippen molar-refractivity contribution >= 4 is 44.4 Å². The van der Waals surface area contributed by atoms with Crippen LogP contribution in [0.5, 0.6) is 0 Å². The molecule has 0 aromatic carbocycles. The molecule has 0 aliphatic carbocycles. The fourth-order valence-corrected chi connectivity index (χ4v) is 4.66. The Kier molecular flexibility index (Phi) is 7.73. The maximum atomic E-state index is 12.3. The minimum atomic E-state index is -0.501. The van der Waals surface area contributed by atoms with Crippen LogP contribution >= 0.6 is 15.9 Å². The number of alkyl carbamates (subject to hydrolysis) is 1. The lowest BCUT2D eigenvalue weighted by Gasteiger charge is -2.36. The molecule has 0 radical (unpaired) electrons. The van der Waals surface area contributed by atoms with E-state index in [9.17, 15) is 4.79 Å². The second-order valence-corrected chi connectivity index (χ2v) is 10.2. The number of nitrogens with zero attached hydrogens (tertiary/aromatic N) is 2. The highest BCUT2D eigenvalue weighted by molar-refractivity contribution is 9.10. The van der Waals surface area contributed by atoms with Crippen molar-refractivity contribution in [1.29, 1.82) is 0 Å². The number of amides is 1. The molecule has 1 aliphatic rings. The first-order valence-electron chi connectivity index (χ1n) is 11.4. The van der Waals surface area contributed by atoms with Gasteiger partial charge >= 0.3 is 6.09 Å². The van der Waals surface area contributed by atoms with Gasteiger partial charge in [0.25, 0.3) is 0 Å². The van der Waals surface area contributed by atoms with E-state index >= 15 is 0 Å². The number of nitrogens with one attached hydrogen (secondary N) is 3. The summed E-state index contributed by atoms with van der Waals surface area (Å²) in [6.07, 6.45) is 7.76. The van der Waals surface area contributed by atoms with Crippen LogP contribution in [0.4, 0.5) is 16.2 Å². The number of fused-ring (bicyclic) bond motifs is 1. The summed E-state index contributed by atoms with van der Waals surface area (Å²) in [5.41, 5.74) is 2.56. The summed E-state index contributed by atoms with van der Waals surface area (Å²) in [5, 5.41) is 7.78. The first kappa shape index (κ1) is 23.7. The van der Waals surface area contributed by atoms with Crippen LogP contribution in [0.1, 0.15) is 60.3 Å². The molecule has 1 amide bonds. The lowest BCUT2D eigenvalue weighted by molar-refractivity contribution is 0.0500. The van der Waals surface area contributed by atoms with Crippen molar-refractivity contribution in [3.8, 4) is 0 Å². The highest BCUT2D eigenvalue weighted by Crippen LogP contribution is 2.39. The predicted molar refractivity (Wildman–Crippen MR) is 131 cm³/mol. The van der Waals surface area contributed by atoms with Gasteiger partial charge in [-0.25, -0.2) is 9.78 Å². The standard InChI is InChI=1S/C23H36BrN5O2/c1-6-15(7-2)11-25-18-13-27-21-19(18)20(17(24)12-26-21)29-10-8-9-16(14-29)28-22(30)31-23(3,4)5/h12-13,15-16,25H,6-11,14H2,1-5H3,(H,26,27)(H,28,30)/t16-/m1/s1. The second kappa shape index (κ2) is 10.1. The maximum absolute atomic E-state index is 12.3. The predicted octanol–water partition coefficient (Wildman–Crippen LogP) is 5.67. The van der Waals surface area contributed by atoms with Crippen molar-refractivity contribution in [1.82, 2.24) is 15.3 Å². The number of anilines is 2. The zero-order valence-corrected chi connectivity index (χ0v) is 20.9. The van der Waals surface area contributed by atoms with Crippen LogP contribution in [0.2, 0.25) is 0 Å². The highest BCUT2D eigenvalue weighted by atomic mass is 79.9. The van der Waals surface area contributed by atoms with Gasteiger partial charge in [0.1, 0.15) is 11.2 Å². The van der Waals surface area contributed by atoms with Crippen LogP contribution in [0.15, 0.2) is 16.9 Å². The van der Waals surface area contributed by atoms with E-state index in [1.165, 1.54) is 0 Å². The van der Waals surface area contributed by atoms with E-state index < -0.39 is 5.60 Å². The Morgan fingerprint density at radius 3 is 2.81 bits per heavy atom. The third-order valence-electron chi connectivity index (χ3n) is 5.82. The summed E-state index contributed by atoms with van der Waals surface area (Å²) in [5.74, 6) is 0.644. The molecule has 3 heterocycles. The number of hydrogen-bond donors (Lipinski definition) is 3. The summed E-state index contributed by atoms with van der Waals surface area (Å²) in [6.45, 7) is 12.7. The molecule has 0 bridgehead atoms. The molecule has 1 saturated heterocycles. The van der Waals surface area contributed by atoms with E-state index in [1.807, 2.05) is 33.2 Å². The molecule has 0 spiro atoms.